The highest BCUT2D eigenvalue weighted by Gasteiger charge is 2.08. The standard InChI is InChI=1S/C9H11NO2/c1-3-9(11)10-7(2)8-5-4-6-12-8/h3-7H,1H2,2H3,(H,10,11). The maximum atomic E-state index is 10.8. The summed E-state index contributed by atoms with van der Waals surface area (Å²) in [4.78, 5) is 10.8. The van der Waals surface area contributed by atoms with Crippen molar-refractivity contribution in [2.45, 2.75) is 13.0 Å². The van der Waals surface area contributed by atoms with Gasteiger partial charge in [0.2, 0.25) is 5.91 Å². The Morgan fingerprint density at radius 1 is 1.83 bits per heavy atom. The quantitative estimate of drug-likeness (QED) is 0.692. The van der Waals surface area contributed by atoms with Crippen LogP contribution in [0.25, 0.3) is 0 Å². The van der Waals surface area contributed by atoms with Gasteiger partial charge in [0.1, 0.15) is 5.76 Å². The van der Waals surface area contributed by atoms with Gasteiger partial charge in [-0.2, -0.15) is 0 Å². The second-order valence-corrected chi connectivity index (χ2v) is 2.45. The molecule has 1 N–H and O–H groups in total. The van der Waals surface area contributed by atoms with Crippen LogP contribution < -0.4 is 5.32 Å². The monoisotopic (exact) mass is 165 g/mol. The first-order chi connectivity index (χ1) is 5.74. The van der Waals surface area contributed by atoms with E-state index in [9.17, 15) is 4.79 Å². The van der Waals surface area contributed by atoms with Crippen molar-refractivity contribution in [3.63, 3.8) is 0 Å². The summed E-state index contributed by atoms with van der Waals surface area (Å²) < 4.78 is 5.09. The van der Waals surface area contributed by atoms with Crippen molar-refractivity contribution in [2.75, 3.05) is 0 Å². The third-order valence-electron chi connectivity index (χ3n) is 1.51. The van der Waals surface area contributed by atoms with Gasteiger partial charge in [0.25, 0.3) is 0 Å². The van der Waals surface area contributed by atoms with E-state index in [0.717, 1.165) is 5.76 Å². The van der Waals surface area contributed by atoms with Gasteiger partial charge in [-0.25, -0.2) is 0 Å². The number of carbonyl (C=O) groups excluding carboxylic acids is 1. The Hall–Kier alpha value is -1.51. The van der Waals surface area contributed by atoms with Crippen LogP contribution in [0, 0.1) is 0 Å². The van der Waals surface area contributed by atoms with Crippen LogP contribution in [0.2, 0.25) is 0 Å². The van der Waals surface area contributed by atoms with Crippen molar-refractivity contribution in [3.8, 4) is 0 Å². The summed E-state index contributed by atoms with van der Waals surface area (Å²) in [6, 6.07) is 3.49. The molecule has 1 heterocycles. The zero-order valence-corrected chi connectivity index (χ0v) is 6.91. The number of rotatable bonds is 3. The van der Waals surface area contributed by atoms with E-state index in [1.54, 1.807) is 12.3 Å². The van der Waals surface area contributed by atoms with Gasteiger partial charge in [-0.05, 0) is 25.1 Å². The molecule has 0 saturated carbocycles. The van der Waals surface area contributed by atoms with Crippen molar-refractivity contribution >= 4 is 5.91 Å². The molecule has 0 fully saturated rings. The van der Waals surface area contributed by atoms with E-state index in [1.807, 2.05) is 13.0 Å². The van der Waals surface area contributed by atoms with Crippen LogP contribution in [0.15, 0.2) is 35.5 Å². The molecule has 0 saturated heterocycles. The van der Waals surface area contributed by atoms with Crippen molar-refractivity contribution in [1.82, 2.24) is 5.32 Å². The van der Waals surface area contributed by atoms with Gasteiger partial charge in [0.15, 0.2) is 0 Å². The van der Waals surface area contributed by atoms with Crippen molar-refractivity contribution in [2.24, 2.45) is 0 Å². The second kappa shape index (κ2) is 3.76. The molecule has 64 valence electrons. The fraction of sp³-hybridized carbons (Fsp3) is 0.222. The van der Waals surface area contributed by atoms with Gasteiger partial charge in [-0.1, -0.05) is 6.58 Å². The van der Waals surface area contributed by atoms with Crippen LogP contribution in [-0.2, 0) is 4.79 Å². The van der Waals surface area contributed by atoms with E-state index in [-0.39, 0.29) is 11.9 Å². The van der Waals surface area contributed by atoms with Crippen LogP contribution >= 0.6 is 0 Å². The Balaban J connectivity index is 2.55. The third kappa shape index (κ3) is 1.99. The average molecular weight is 165 g/mol. The van der Waals surface area contributed by atoms with Gasteiger partial charge in [-0.3, -0.25) is 4.79 Å². The number of nitrogens with one attached hydrogen (secondary N) is 1. The largest absolute Gasteiger partial charge is 0.467 e. The van der Waals surface area contributed by atoms with Gasteiger partial charge in [-0.15, -0.1) is 0 Å². The van der Waals surface area contributed by atoms with Crippen molar-refractivity contribution in [1.29, 1.82) is 0 Å². The predicted molar refractivity (Wildman–Crippen MR) is 45.5 cm³/mol. The molecular weight excluding hydrogens is 154 g/mol. The van der Waals surface area contributed by atoms with Crippen LogP contribution in [0.5, 0.6) is 0 Å². The zero-order valence-electron chi connectivity index (χ0n) is 6.91. The molecule has 0 aromatic carbocycles. The minimum absolute atomic E-state index is 0.106. The lowest BCUT2D eigenvalue weighted by molar-refractivity contribution is -0.117. The minimum atomic E-state index is -0.195. The highest BCUT2D eigenvalue weighted by molar-refractivity contribution is 5.87. The Bertz CT molecular complexity index is 264. The molecule has 1 amide bonds. The average Bonchev–Trinajstić information content (AvgIpc) is 2.56. The van der Waals surface area contributed by atoms with E-state index in [2.05, 4.69) is 11.9 Å². The van der Waals surface area contributed by atoms with Crippen molar-refractivity contribution in [3.05, 3.63) is 36.8 Å². The molecule has 3 heteroatoms. The van der Waals surface area contributed by atoms with E-state index in [1.165, 1.54) is 6.08 Å². The molecule has 0 bridgehead atoms. The molecule has 1 atom stereocenters. The Kier molecular flexibility index (Phi) is 2.69. The van der Waals surface area contributed by atoms with Gasteiger partial charge in [0, 0.05) is 0 Å². The molecule has 1 aromatic heterocycles. The lowest BCUT2D eigenvalue weighted by atomic mass is 10.2. The Morgan fingerprint density at radius 2 is 2.58 bits per heavy atom. The highest BCUT2D eigenvalue weighted by Crippen LogP contribution is 2.11. The van der Waals surface area contributed by atoms with E-state index in [4.69, 9.17) is 4.42 Å². The number of hydrogen-bond donors (Lipinski definition) is 1. The smallest absolute Gasteiger partial charge is 0.243 e. The summed E-state index contributed by atoms with van der Waals surface area (Å²) in [5, 5.41) is 2.68. The fourth-order valence-corrected chi connectivity index (χ4v) is 0.881. The Morgan fingerprint density at radius 3 is 3.08 bits per heavy atom. The molecule has 0 aliphatic carbocycles. The number of furan rings is 1. The molecule has 1 aromatic rings. The van der Waals surface area contributed by atoms with Gasteiger partial charge < -0.3 is 9.73 Å². The lowest BCUT2D eigenvalue weighted by Crippen LogP contribution is -2.23. The minimum Gasteiger partial charge on any atom is -0.467 e. The predicted octanol–water partition coefficient (Wildman–Crippen LogP) is 1.64. The third-order valence-corrected chi connectivity index (χ3v) is 1.51. The van der Waals surface area contributed by atoms with Crippen LogP contribution in [-0.4, -0.2) is 5.91 Å². The van der Waals surface area contributed by atoms with Gasteiger partial charge >= 0.3 is 0 Å². The molecule has 1 unspecified atom stereocenters. The molecular formula is C9H11NO2. The van der Waals surface area contributed by atoms with Crippen LogP contribution in [0.3, 0.4) is 0 Å². The fourth-order valence-electron chi connectivity index (χ4n) is 0.881. The first-order valence-electron chi connectivity index (χ1n) is 3.70. The van der Waals surface area contributed by atoms with E-state index >= 15 is 0 Å². The number of amides is 1. The van der Waals surface area contributed by atoms with Crippen LogP contribution in [0.4, 0.5) is 0 Å². The summed E-state index contributed by atoms with van der Waals surface area (Å²) in [6.07, 6.45) is 2.81. The van der Waals surface area contributed by atoms with Crippen molar-refractivity contribution < 1.29 is 9.21 Å². The number of carbonyl (C=O) groups is 1. The molecule has 0 aliphatic heterocycles. The molecule has 0 aliphatic rings. The number of hydrogen-bond acceptors (Lipinski definition) is 2. The van der Waals surface area contributed by atoms with Crippen LogP contribution in [0.1, 0.15) is 18.7 Å². The highest BCUT2D eigenvalue weighted by atomic mass is 16.3. The van der Waals surface area contributed by atoms with E-state index < -0.39 is 0 Å². The maximum Gasteiger partial charge on any atom is 0.243 e. The normalized spacial score (nSPS) is 12.1. The summed E-state index contributed by atoms with van der Waals surface area (Å²) in [7, 11) is 0. The maximum absolute atomic E-state index is 10.8. The summed E-state index contributed by atoms with van der Waals surface area (Å²) in [5.74, 6) is 0.545. The summed E-state index contributed by atoms with van der Waals surface area (Å²) in [5.41, 5.74) is 0. The second-order valence-electron chi connectivity index (χ2n) is 2.45. The first kappa shape index (κ1) is 8.59. The zero-order chi connectivity index (χ0) is 8.97. The lowest BCUT2D eigenvalue weighted by Gasteiger charge is -2.08. The molecule has 3 nitrogen and oxygen atoms in total. The topological polar surface area (TPSA) is 42.2 Å². The SMILES string of the molecule is C=CC(=O)NC(C)c1ccco1. The molecule has 0 spiro atoms. The molecule has 1 rings (SSSR count). The summed E-state index contributed by atoms with van der Waals surface area (Å²) in [6.45, 7) is 5.20. The Labute approximate surface area is 71.1 Å². The first-order valence-corrected chi connectivity index (χ1v) is 3.70. The molecule has 0 radical (unpaired) electrons. The van der Waals surface area contributed by atoms with E-state index in [0.29, 0.717) is 0 Å². The summed E-state index contributed by atoms with van der Waals surface area (Å²) >= 11 is 0. The van der Waals surface area contributed by atoms with Gasteiger partial charge in [0.05, 0.1) is 12.3 Å². The molecule has 12 heavy (non-hydrogen) atoms.